The van der Waals surface area contributed by atoms with E-state index in [0.717, 1.165) is 13.0 Å². The maximum absolute atomic E-state index is 9.31. The summed E-state index contributed by atoms with van der Waals surface area (Å²) in [7, 11) is 0. The minimum atomic E-state index is -0.0822. The van der Waals surface area contributed by atoms with Crippen molar-refractivity contribution in [2.24, 2.45) is 5.92 Å². The second kappa shape index (κ2) is 4.16. The predicted octanol–water partition coefficient (Wildman–Crippen LogP) is 0.787. The Balaban J connectivity index is 0.000000810. The molecule has 1 aliphatic heterocycles. The summed E-state index contributed by atoms with van der Waals surface area (Å²) in [5.41, 5.74) is 0. The molecule has 0 bridgehead atoms. The van der Waals surface area contributed by atoms with Gasteiger partial charge >= 0.3 is 0 Å². The minimum absolute atomic E-state index is 0. The monoisotopic (exact) mass is 165 g/mol. The van der Waals surface area contributed by atoms with Crippen molar-refractivity contribution in [3.05, 3.63) is 0 Å². The van der Waals surface area contributed by atoms with Crippen LogP contribution in [-0.4, -0.2) is 23.8 Å². The van der Waals surface area contributed by atoms with Crippen molar-refractivity contribution < 1.29 is 5.11 Å². The lowest BCUT2D eigenvalue weighted by Gasteiger charge is -2.29. The molecular weight excluding hydrogens is 150 g/mol. The Hall–Kier alpha value is 0.210. The van der Waals surface area contributed by atoms with Crippen LogP contribution >= 0.6 is 12.4 Å². The average molecular weight is 166 g/mol. The molecule has 1 saturated heterocycles. The van der Waals surface area contributed by atoms with E-state index in [2.05, 4.69) is 19.2 Å². The van der Waals surface area contributed by atoms with E-state index in [1.54, 1.807) is 0 Å². The zero-order valence-electron chi connectivity index (χ0n) is 6.50. The molecule has 1 rings (SSSR count). The van der Waals surface area contributed by atoms with Gasteiger partial charge in [0.2, 0.25) is 0 Å². The third-order valence-corrected chi connectivity index (χ3v) is 2.04. The first kappa shape index (κ1) is 10.2. The van der Waals surface area contributed by atoms with Crippen LogP contribution in [0.25, 0.3) is 0 Å². The summed E-state index contributed by atoms with van der Waals surface area (Å²) < 4.78 is 0. The fourth-order valence-corrected chi connectivity index (χ4v) is 1.20. The van der Waals surface area contributed by atoms with Crippen LogP contribution in [0, 0.1) is 5.92 Å². The topological polar surface area (TPSA) is 32.3 Å². The lowest BCUT2D eigenvalue weighted by Crippen LogP contribution is -2.43. The zero-order chi connectivity index (χ0) is 6.85. The van der Waals surface area contributed by atoms with E-state index < -0.39 is 0 Å². The van der Waals surface area contributed by atoms with Crippen molar-refractivity contribution in [2.75, 3.05) is 6.54 Å². The number of aliphatic hydroxyl groups is 1. The van der Waals surface area contributed by atoms with Gasteiger partial charge in [0.25, 0.3) is 0 Å². The number of aliphatic hydroxyl groups excluding tert-OH is 1. The lowest BCUT2D eigenvalue weighted by molar-refractivity contribution is 0.0725. The van der Waals surface area contributed by atoms with E-state index in [4.69, 9.17) is 0 Å². The lowest BCUT2D eigenvalue weighted by atomic mass is 9.94. The van der Waals surface area contributed by atoms with E-state index in [9.17, 15) is 5.11 Å². The Kier molecular flexibility index (Phi) is 4.25. The Labute approximate surface area is 68.4 Å². The Morgan fingerprint density at radius 2 is 2.00 bits per heavy atom. The van der Waals surface area contributed by atoms with E-state index in [0.29, 0.717) is 12.0 Å². The molecule has 0 aromatic heterocycles. The Morgan fingerprint density at radius 3 is 2.40 bits per heavy atom. The fraction of sp³-hybridized carbons (Fsp3) is 1.00. The number of hydrogen-bond donors (Lipinski definition) is 2. The summed E-state index contributed by atoms with van der Waals surface area (Å²) in [4.78, 5) is 0. The molecule has 0 saturated carbocycles. The number of rotatable bonds is 0. The van der Waals surface area contributed by atoms with Gasteiger partial charge in [-0.3, -0.25) is 0 Å². The van der Waals surface area contributed by atoms with E-state index >= 15 is 0 Å². The minimum Gasteiger partial charge on any atom is -0.393 e. The van der Waals surface area contributed by atoms with Gasteiger partial charge in [-0.15, -0.1) is 12.4 Å². The van der Waals surface area contributed by atoms with Crippen LogP contribution in [0.15, 0.2) is 0 Å². The molecule has 62 valence electrons. The van der Waals surface area contributed by atoms with Gasteiger partial charge < -0.3 is 10.4 Å². The summed E-state index contributed by atoms with van der Waals surface area (Å²) >= 11 is 0. The highest BCUT2D eigenvalue weighted by Crippen LogP contribution is 2.13. The third kappa shape index (κ3) is 2.45. The molecule has 0 radical (unpaired) electrons. The first-order valence-corrected chi connectivity index (χ1v) is 3.61. The van der Waals surface area contributed by atoms with E-state index in [-0.39, 0.29) is 18.5 Å². The second-order valence-electron chi connectivity index (χ2n) is 3.09. The molecule has 0 spiro atoms. The van der Waals surface area contributed by atoms with Crippen LogP contribution in [-0.2, 0) is 0 Å². The molecule has 2 nitrogen and oxygen atoms in total. The molecule has 1 aliphatic rings. The standard InChI is InChI=1S/C7H15NO.ClH/c1-5-4-8-6(2)3-7(5)9;/h5-9H,3-4H2,1-2H3;1H. The summed E-state index contributed by atoms with van der Waals surface area (Å²) in [6, 6.07) is 0.496. The van der Waals surface area contributed by atoms with Gasteiger partial charge in [0.05, 0.1) is 6.10 Å². The van der Waals surface area contributed by atoms with Gasteiger partial charge in [-0.1, -0.05) is 6.92 Å². The molecule has 2 N–H and O–H groups in total. The van der Waals surface area contributed by atoms with Crippen molar-refractivity contribution in [3.8, 4) is 0 Å². The molecule has 1 fully saturated rings. The highest BCUT2D eigenvalue weighted by molar-refractivity contribution is 5.85. The van der Waals surface area contributed by atoms with E-state index in [1.165, 1.54) is 0 Å². The normalized spacial score (nSPS) is 40.5. The molecule has 1 heterocycles. The van der Waals surface area contributed by atoms with Gasteiger partial charge in [-0.2, -0.15) is 0 Å². The van der Waals surface area contributed by atoms with E-state index in [1.807, 2.05) is 0 Å². The zero-order valence-corrected chi connectivity index (χ0v) is 7.32. The second-order valence-corrected chi connectivity index (χ2v) is 3.09. The summed E-state index contributed by atoms with van der Waals surface area (Å²) in [5, 5.41) is 12.6. The quantitative estimate of drug-likeness (QED) is 0.556. The van der Waals surface area contributed by atoms with Gasteiger partial charge in [-0.25, -0.2) is 0 Å². The first-order chi connectivity index (χ1) is 4.20. The maximum Gasteiger partial charge on any atom is 0.0592 e. The SMILES string of the molecule is CC1CC(O)C(C)CN1.Cl. The smallest absolute Gasteiger partial charge is 0.0592 e. The van der Waals surface area contributed by atoms with Gasteiger partial charge in [0.1, 0.15) is 0 Å². The number of nitrogens with one attached hydrogen (secondary N) is 1. The van der Waals surface area contributed by atoms with Crippen LogP contribution in [0.5, 0.6) is 0 Å². The first-order valence-electron chi connectivity index (χ1n) is 3.61. The van der Waals surface area contributed by atoms with Crippen molar-refractivity contribution in [1.82, 2.24) is 5.32 Å². The maximum atomic E-state index is 9.31. The van der Waals surface area contributed by atoms with Crippen molar-refractivity contribution in [1.29, 1.82) is 0 Å². The Bertz CT molecular complexity index is 99.6. The average Bonchev–Trinajstić information content (AvgIpc) is 1.80. The van der Waals surface area contributed by atoms with Crippen LogP contribution in [0.1, 0.15) is 20.3 Å². The fourth-order valence-electron chi connectivity index (χ4n) is 1.20. The van der Waals surface area contributed by atoms with Crippen LogP contribution in [0.3, 0.4) is 0 Å². The summed E-state index contributed by atoms with van der Waals surface area (Å²) in [6.07, 6.45) is 0.822. The van der Waals surface area contributed by atoms with Crippen LogP contribution < -0.4 is 5.32 Å². The number of piperidine rings is 1. The van der Waals surface area contributed by atoms with Crippen molar-refractivity contribution in [2.45, 2.75) is 32.4 Å². The highest BCUT2D eigenvalue weighted by Gasteiger charge is 2.22. The molecule has 3 heteroatoms. The Morgan fingerprint density at radius 1 is 1.40 bits per heavy atom. The predicted molar refractivity (Wildman–Crippen MR) is 44.5 cm³/mol. The molecule has 3 atom stereocenters. The molecule has 0 aromatic rings. The van der Waals surface area contributed by atoms with Crippen LogP contribution in [0.4, 0.5) is 0 Å². The molecule has 3 unspecified atom stereocenters. The summed E-state index contributed by atoms with van der Waals surface area (Å²) in [6.45, 7) is 5.14. The molecule has 0 aliphatic carbocycles. The molecule has 0 amide bonds. The van der Waals surface area contributed by atoms with Gasteiger partial charge in [0, 0.05) is 12.6 Å². The third-order valence-electron chi connectivity index (χ3n) is 2.04. The van der Waals surface area contributed by atoms with Crippen LogP contribution in [0.2, 0.25) is 0 Å². The highest BCUT2D eigenvalue weighted by atomic mass is 35.5. The number of hydrogen-bond acceptors (Lipinski definition) is 2. The molecular formula is C7H16ClNO. The van der Waals surface area contributed by atoms with Crippen molar-refractivity contribution >= 4 is 12.4 Å². The van der Waals surface area contributed by atoms with Gasteiger partial charge in [-0.05, 0) is 19.3 Å². The van der Waals surface area contributed by atoms with Gasteiger partial charge in [0.15, 0.2) is 0 Å². The largest absolute Gasteiger partial charge is 0.393 e. The van der Waals surface area contributed by atoms with Crippen molar-refractivity contribution in [3.63, 3.8) is 0 Å². The number of halogens is 1. The molecule has 0 aromatic carbocycles. The summed E-state index contributed by atoms with van der Waals surface area (Å²) in [5.74, 6) is 0.432. The molecule has 10 heavy (non-hydrogen) atoms.